The number of hydrogen-bond acceptors (Lipinski definition) is 4. The van der Waals surface area contributed by atoms with Gasteiger partial charge in [-0.15, -0.1) is 11.8 Å². The van der Waals surface area contributed by atoms with Crippen LogP contribution in [-0.4, -0.2) is 39.5 Å². The van der Waals surface area contributed by atoms with Crippen molar-refractivity contribution in [3.8, 4) is 0 Å². The van der Waals surface area contributed by atoms with Crippen molar-refractivity contribution in [2.24, 2.45) is 5.92 Å². The molecule has 0 spiro atoms. The lowest BCUT2D eigenvalue weighted by Gasteiger charge is -2.32. The van der Waals surface area contributed by atoms with Crippen molar-refractivity contribution in [3.63, 3.8) is 0 Å². The minimum Gasteiger partial charge on any atom is -0.344 e. The number of fused-ring (bicyclic) bond motifs is 1. The molecule has 2 heterocycles. The molecule has 0 unspecified atom stereocenters. The van der Waals surface area contributed by atoms with Crippen molar-refractivity contribution in [2.45, 2.75) is 50.4 Å². The lowest BCUT2D eigenvalue weighted by molar-refractivity contribution is -0.138. The number of nitrogens with zero attached hydrogens (tertiary/aromatic N) is 2. The molecule has 27 heavy (non-hydrogen) atoms. The molecule has 0 radical (unpaired) electrons. The average Bonchev–Trinajstić information content (AvgIpc) is 3.06. The largest absolute Gasteiger partial charge is 0.344 e. The molecule has 6 nitrogen and oxygen atoms in total. The molecule has 1 aromatic carbocycles. The number of hydrogen-bond donors (Lipinski definition) is 2. The molecular formula is C20H26N4O2S. The number of carbonyl (C=O) groups excluding carboxylic acids is 2. The number of aromatic nitrogens is 2. The molecule has 0 saturated heterocycles. The van der Waals surface area contributed by atoms with E-state index in [2.05, 4.69) is 27.6 Å². The van der Waals surface area contributed by atoms with Crippen LogP contribution in [0.5, 0.6) is 0 Å². The summed E-state index contributed by atoms with van der Waals surface area (Å²) < 4.78 is 0. The van der Waals surface area contributed by atoms with Gasteiger partial charge in [-0.1, -0.05) is 32.0 Å². The molecule has 2 amide bonds. The van der Waals surface area contributed by atoms with Crippen LogP contribution in [0, 0.1) is 5.92 Å². The molecule has 1 atom stereocenters. The van der Waals surface area contributed by atoms with Crippen molar-refractivity contribution in [1.29, 1.82) is 0 Å². The topological polar surface area (TPSA) is 78.1 Å². The second kappa shape index (κ2) is 8.61. The molecule has 1 aliphatic rings. The summed E-state index contributed by atoms with van der Waals surface area (Å²) in [7, 11) is 0. The van der Waals surface area contributed by atoms with Crippen LogP contribution in [0.3, 0.4) is 0 Å². The van der Waals surface area contributed by atoms with Gasteiger partial charge in [0.1, 0.15) is 6.04 Å². The molecule has 2 aromatic rings. The van der Waals surface area contributed by atoms with E-state index in [0.717, 1.165) is 29.1 Å². The van der Waals surface area contributed by atoms with Crippen LogP contribution >= 0.6 is 11.8 Å². The smallest absolute Gasteiger partial charge is 0.245 e. The van der Waals surface area contributed by atoms with E-state index in [4.69, 9.17) is 0 Å². The van der Waals surface area contributed by atoms with Gasteiger partial charge in [0, 0.05) is 48.3 Å². The summed E-state index contributed by atoms with van der Waals surface area (Å²) in [6.45, 7) is 6.54. The van der Waals surface area contributed by atoms with Gasteiger partial charge in [0.05, 0.1) is 5.69 Å². The molecule has 7 heteroatoms. The van der Waals surface area contributed by atoms with Gasteiger partial charge in [-0.3, -0.25) is 14.7 Å². The zero-order valence-electron chi connectivity index (χ0n) is 16.0. The van der Waals surface area contributed by atoms with E-state index in [-0.39, 0.29) is 17.7 Å². The van der Waals surface area contributed by atoms with Crippen LogP contribution in [-0.2, 0) is 28.3 Å². The summed E-state index contributed by atoms with van der Waals surface area (Å²) in [6.07, 6.45) is 0.759. The summed E-state index contributed by atoms with van der Waals surface area (Å²) in [6, 6.07) is 9.73. The highest BCUT2D eigenvalue weighted by Gasteiger charge is 2.31. The number of thioether (sulfide) groups is 1. The molecule has 0 aliphatic carbocycles. The van der Waals surface area contributed by atoms with Crippen molar-refractivity contribution in [3.05, 3.63) is 47.3 Å². The molecule has 0 fully saturated rings. The van der Waals surface area contributed by atoms with E-state index in [1.54, 1.807) is 11.8 Å². The second-order valence-electron chi connectivity index (χ2n) is 7.16. The first kappa shape index (κ1) is 19.5. The summed E-state index contributed by atoms with van der Waals surface area (Å²) >= 11 is 1.74. The maximum atomic E-state index is 13.0. The number of amides is 2. The number of H-pyrrole nitrogens is 1. The van der Waals surface area contributed by atoms with Crippen molar-refractivity contribution >= 4 is 23.6 Å². The van der Waals surface area contributed by atoms with E-state index >= 15 is 0 Å². The van der Waals surface area contributed by atoms with Crippen LogP contribution in [0.1, 0.15) is 37.7 Å². The van der Waals surface area contributed by atoms with E-state index in [1.807, 2.05) is 36.9 Å². The minimum absolute atomic E-state index is 0.0197. The Morgan fingerprint density at radius 2 is 2.04 bits per heavy atom. The van der Waals surface area contributed by atoms with Crippen LogP contribution in [0.25, 0.3) is 0 Å². The first-order valence-electron chi connectivity index (χ1n) is 9.24. The number of benzene rings is 1. The van der Waals surface area contributed by atoms with Crippen LogP contribution in [0.2, 0.25) is 0 Å². The van der Waals surface area contributed by atoms with Crippen molar-refractivity contribution in [1.82, 2.24) is 20.4 Å². The number of carbonyl (C=O) groups is 2. The highest BCUT2D eigenvalue weighted by atomic mass is 32.2. The Labute approximate surface area is 164 Å². The van der Waals surface area contributed by atoms with Gasteiger partial charge in [-0.05, 0) is 18.1 Å². The van der Waals surface area contributed by atoms with Gasteiger partial charge in [0.25, 0.3) is 0 Å². The highest BCUT2D eigenvalue weighted by Crippen LogP contribution is 2.27. The number of aromatic amines is 1. The summed E-state index contributed by atoms with van der Waals surface area (Å²) in [5, 5.41) is 10.4. The monoisotopic (exact) mass is 386 g/mol. The van der Waals surface area contributed by atoms with E-state index in [1.165, 1.54) is 11.8 Å². The maximum Gasteiger partial charge on any atom is 0.245 e. The SMILES string of the molecule is CC(=O)N[C@H](C(=O)N1CCc2[nH]nc(CSc3ccccc3)c2C1)C(C)C. The molecule has 1 aromatic heterocycles. The summed E-state index contributed by atoms with van der Waals surface area (Å²) in [4.78, 5) is 27.5. The third kappa shape index (κ3) is 4.71. The molecule has 0 saturated carbocycles. The third-order valence-electron chi connectivity index (χ3n) is 4.74. The molecular weight excluding hydrogens is 360 g/mol. The van der Waals surface area contributed by atoms with Crippen molar-refractivity contribution in [2.75, 3.05) is 6.54 Å². The lowest BCUT2D eigenvalue weighted by Crippen LogP contribution is -2.51. The zero-order chi connectivity index (χ0) is 19.4. The van der Waals surface area contributed by atoms with E-state index in [9.17, 15) is 9.59 Å². The summed E-state index contributed by atoms with van der Waals surface area (Å²) in [5.74, 6) is 0.606. The number of rotatable bonds is 6. The van der Waals surface area contributed by atoms with Crippen LogP contribution < -0.4 is 5.32 Å². The predicted molar refractivity (Wildman–Crippen MR) is 106 cm³/mol. The van der Waals surface area contributed by atoms with Gasteiger partial charge in [-0.25, -0.2) is 0 Å². The Bertz CT molecular complexity index is 804. The maximum absolute atomic E-state index is 13.0. The van der Waals surface area contributed by atoms with Crippen LogP contribution in [0.15, 0.2) is 35.2 Å². The first-order chi connectivity index (χ1) is 13.0. The molecule has 0 bridgehead atoms. The van der Waals surface area contributed by atoms with Gasteiger partial charge >= 0.3 is 0 Å². The second-order valence-corrected chi connectivity index (χ2v) is 8.21. The highest BCUT2D eigenvalue weighted by molar-refractivity contribution is 7.98. The van der Waals surface area contributed by atoms with Gasteiger partial charge in [0.15, 0.2) is 0 Å². The molecule has 1 aliphatic heterocycles. The van der Waals surface area contributed by atoms with Crippen LogP contribution in [0.4, 0.5) is 0 Å². The standard InChI is InChI=1S/C20H26N4O2S/c1-13(2)19(21-14(3)25)20(26)24-10-9-17-16(11-24)18(23-22-17)12-27-15-7-5-4-6-8-15/h4-8,13,19H,9-12H2,1-3H3,(H,21,25)(H,22,23)/t19-/m0/s1. The normalized spacial score (nSPS) is 14.7. The molecule has 2 N–H and O–H groups in total. The molecule has 144 valence electrons. The predicted octanol–water partition coefficient (Wildman–Crippen LogP) is 2.75. The third-order valence-corrected chi connectivity index (χ3v) is 5.76. The van der Waals surface area contributed by atoms with Gasteiger partial charge < -0.3 is 10.2 Å². The Morgan fingerprint density at radius 1 is 1.30 bits per heavy atom. The minimum atomic E-state index is -0.488. The van der Waals surface area contributed by atoms with Gasteiger partial charge in [-0.2, -0.15) is 5.10 Å². The fourth-order valence-electron chi connectivity index (χ4n) is 3.26. The van der Waals surface area contributed by atoms with E-state index in [0.29, 0.717) is 13.1 Å². The Balaban J connectivity index is 1.70. The Hall–Kier alpha value is -2.28. The molecule has 3 rings (SSSR count). The lowest BCUT2D eigenvalue weighted by atomic mass is 10.00. The zero-order valence-corrected chi connectivity index (χ0v) is 16.8. The number of nitrogens with one attached hydrogen (secondary N) is 2. The fraction of sp³-hybridized carbons (Fsp3) is 0.450. The average molecular weight is 387 g/mol. The van der Waals surface area contributed by atoms with Gasteiger partial charge in [0.2, 0.25) is 11.8 Å². The van der Waals surface area contributed by atoms with E-state index < -0.39 is 6.04 Å². The Morgan fingerprint density at radius 3 is 2.70 bits per heavy atom. The first-order valence-corrected chi connectivity index (χ1v) is 10.2. The quantitative estimate of drug-likeness (QED) is 0.749. The van der Waals surface area contributed by atoms with Crippen molar-refractivity contribution < 1.29 is 9.59 Å². The fourth-order valence-corrected chi connectivity index (χ4v) is 4.15. The summed E-state index contributed by atoms with van der Waals surface area (Å²) in [5.41, 5.74) is 3.23. The Kier molecular flexibility index (Phi) is 6.21.